The molecule has 0 aliphatic carbocycles. The molecule has 1 saturated heterocycles. The molecule has 6 nitrogen and oxygen atoms in total. The number of carbonyl (C=O) groups excluding carboxylic acids is 1. The summed E-state index contributed by atoms with van der Waals surface area (Å²) in [5.41, 5.74) is 4.03. The molecule has 0 spiro atoms. The number of hydrogen-bond acceptors (Lipinski definition) is 4. The number of hydrogen-bond donors (Lipinski definition) is 0. The molecule has 0 radical (unpaired) electrons. The minimum Gasteiger partial charge on any atom is -0.339 e. The number of nitrogens with zero attached hydrogens (tertiary/aromatic N) is 5. The van der Waals surface area contributed by atoms with Crippen LogP contribution in [-0.2, 0) is 13.0 Å². The quantitative estimate of drug-likeness (QED) is 0.700. The SMILES string of the molecule is CCc1ccc(-c2nnn(Cc3ccc(C(=O)N4CCCC4)cc3)n2)cc1. The van der Waals surface area contributed by atoms with Crippen molar-refractivity contribution < 1.29 is 4.79 Å². The smallest absolute Gasteiger partial charge is 0.253 e. The molecule has 3 aromatic rings. The predicted octanol–water partition coefficient (Wildman–Crippen LogP) is 3.19. The molecule has 0 atom stereocenters. The van der Waals surface area contributed by atoms with E-state index >= 15 is 0 Å². The molecule has 1 aliphatic rings. The molecule has 0 saturated carbocycles. The van der Waals surface area contributed by atoms with Crippen molar-refractivity contribution in [3.8, 4) is 11.4 Å². The van der Waals surface area contributed by atoms with Crippen LogP contribution >= 0.6 is 0 Å². The van der Waals surface area contributed by atoms with Crippen LogP contribution in [0.15, 0.2) is 48.5 Å². The third-order valence-electron chi connectivity index (χ3n) is 4.99. The third-order valence-corrected chi connectivity index (χ3v) is 4.99. The van der Waals surface area contributed by atoms with E-state index in [1.807, 2.05) is 41.3 Å². The lowest BCUT2D eigenvalue weighted by Crippen LogP contribution is -2.27. The Labute approximate surface area is 158 Å². The largest absolute Gasteiger partial charge is 0.339 e. The Morgan fingerprint density at radius 2 is 1.63 bits per heavy atom. The van der Waals surface area contributed by atoms with Crippen LogP contribution in [0.4, 0.5) is 0 Å². The van der Waals surface area contributed by atoms with Gasteiger partial charge in [0.15, 0.2) is 0 Å². The predicted molar refractivity (Wildman–Crippen MR) is 103 cm³/mol. The zero-order valence-electron chi connectivity index (χ0n) is 15.5. The lowest BCUT2D eigenvalue weighted by Gasteiger charge is -2.15. The van der Waals surface area contributed by atoms with Gasteiger partial charge >= 0.3 is 0 Å². The molecule has 27 heavy (non-hydrogen) atoms. The normalized spacial score (nSPS) is 13.9. The summed E-state index contributed by atoms with van der Waals surface area (Å²) in [5.74, 6) is 0.745. The Morgan fingerprint density at radius 3 is 2.30 bits per heavy atom. The van der Waals surface area contributed by atoms with E-state index in [-0.39, 0.29) is 5.91 Å². The van der Waals surface area contributed by atoms with Gasteiger partial charge < -0.3 is 4.90 Å². The van der Waals surface area contributed by atoms with Gasteiger partial charge in [0, 0.05) is 24.2 Å². The van der Waals surface area contributed by atoms with Gasteiger partial charge in [0.25, 0.3) is 5.91 Å². The van der Waals surface area contributed by atoms with E-state index in [0.717, 1.165) is 49.0 Å². The average molecular weight is 361 g/mol. The van der Waals surface area contributed by atoms with Crippen molar-refractivity contribution in [2.75, 3.05) is 13.1 Å². The van der Waals surface area contributed by atoms with Crippen molar-refractivity contribution in [3.05, 3.63) is 65.2 Å². The number of tetrazole rings is 1. The maximum absolute atomic E-state index is 12.4. The van der Waals surface area contributed by atoms with Crippen LogP contribution in [0.2, 0.25) is 0 Å². The van der Waals surface area contributed by atoms with Gasteiger partial charge in [-0.2, -0.15) is 4.80 Å². The van der Waals surface area contributed by atoms with Crippen LogP contribution in [0.25, 0.3) is 11.4 Å². The minimum absolute atomic E-state index is 0.121. The van der Waals surface area contributed by atoms with Crippen molar-refractivity contribution in [2.45, 2.75) is 32.7 Å². The standard InChI is InChI=1S/C21H23N5O/c1-2-16-5-9-18(10-6-16)20-22-24-26(23-20)15-17-7-11-19(12-8-17)21(27)25-13-3-4-14-25/h5-12H,2-4,13-15H2,1H3. The Bertz CT molecular complexity index is 909. The van der Waals surface area contributed by atoms with Crippen LogP contribution in [0.3, 0.4) is 0 Å². The van der Waals surface area contributed by atoms with Crippen LogP contribution in [-0.4, -0.2) is 44.1 Å². The van der Waals surface area contributed by atoms with Crippen molar-refractivity contribution in [3.63, 3.8) is 0 Å². The molecule has 0 N–H and O–H groups in total. The summed E-state index contributed by atoms with van der Waals surface area (Å²) in [7, 11) is 0. The van der Waals surface area contributed by atoms with Gasteiger partial charge in [0.1, 0.15) is 0 Å². The van der Waals surface area contributed by atoms with Crippen molar-refractivity contribution >= 4 is 5.91 Å². The third kappa shape index (κ3) is 3.89. The number of benzene rings is 2. The Kier molecular flexibility index (Phi) is 4.96. The molecule has 1 amide bonds. The summed E-state index contributed by atoms with van der Waals surface area (Å²) >= 11 is 0. The highest BCUT2D eigenvalue weighted by molar-refractivity contribution is 5.94. The van der Waals surface area contributed by atoms with Crippen LogP contribution < -0.4 is 0 Å². The van der Waals surface area contributed by atoms with Crippen LogP contribution in [0.1, 0.15) is 41.3 Å². The number of carbonyl (C=O) groups is 1. The maximum Gasteiger partial charge on any atom is 0.253 e. The fraction of sp³-hybridized carbons (Fsp3) is 0.333. The zero-order valence-corrected chi connectivity index (χ0v) is 15.5. The lowest BCUT2D eigenvalue weighted by atomic mass is 10.1. The second kappa shape index (κ2) is 7.70. The Morgan fingerprint density at radius 1 is 0.963 bits per heavy atom. The molecule has 0 bridgehead atoms. The highest BCUT2D eigenvalue weighted by atomic mass is 16.2. The van der Waals surface area contributed by atoms with Crippen LogP contribution in [0.5, 0.6) is 0 Å². The molecule has 1 aromatic heterocycles. The first-order chi connectivity index (χ1) is 13.2. The number of amides is 1. The molecule has 2 aromatic carbocycles. The van der Waals surface area contributed by atoms with Crippen molar-refractivity contribution in [1.82, 2.24) is 25.1 Å². The number of aromatic nitrogens is 4. The summed E-state index contributed by atoms with van der Waals surface area (Å²) in [6.07, 6.45) is 3.22. The Hall–Kier alpha value is -3.02. The van der Waals surface area contributed by atoms with E-state index in [2.05, 4.69) is 34.5 Å². The highest BCUT2D eigenvalue weighted by Crippen LogP contribution is 2.16. The fourth-order valence-corrected chi connectivity index (χ4v) is 3.33. The molecule has 4 rings (SSSR count). The Balaban J connectivity index is 1.43. The van der Waals surface area contributed by atoms with Gasteiger partial charge in [-0.3, -0.25) is 4.79 Å². The summed E-state index contributed by atoms with van der Waals surface area (Å²) in [4.78, 5) is 15.9. The summed E-state index contributed by atoms with van der Waals surface area (Å²) in [6, 6.07) is 15.9. The lowest BCUT2D eigenvalue weighted by molar-refractivity contribution is 0.0793. The topological polar surface area (TPSA) is 63.9 Å². The monoisotopic (exact) mass is 361 g/mol. The molecular weight excluding hydrogens is 338 g/mol. The molecule has 2 heterocycles. The molecule has 0 unspecified atom stereocenters. The van der Waals surface area contributed by atoms with E-state index in [1.54, 1.807) is 4.80 Å². The molecule has 138 valence electrons. The van der Waals surface area contributed by atoms with E-state index in [4.69, 9.17) is 0 Å². The van der Waals surface area contributed by atoms with E-state index in [9.17, 15) is 4.79 Å². The van der Waals surface area contributed by atoms with Crippen molar-refractivity contribution in [2.24, 2.45) is 0 Å². The van der Waals surface area contributed by atoms with Crippen molar-refractivity contribution in [1.29, 1.82) is 0 Å². The summed E-state index contributed by atoms with van der Waals surface area (Å²) in [6.45, 7) is 4.39. The van der Waals surface area contributed by atoms with E-state index in [0.29, 0.717) is 12.4 Å². The van der Waals surface area contributed by atoms with Gasteiger partial charge in [-0.1, -0.05) is 43.3 Å². The first-order valence-corrected chi connectivity index (χ1v) is 9.48. The van der Waals surface area contributed by atoms with Gasteiger partial charge in [0.2, 0.25) is 5.82 Å². The summed E-state index contributed by atoms with van der Waals surface area (Å²) < 4.78 is 0. The zero-order chi connectivity index (χ0) is 18.6. The second-order valence-electron chi connectivity index (χ2n) is 6.89. The first kappa shape index (κ1) is 17.4. The first-order valence-electron chi connectivity index (χ1n) is 9.48. The van der Waals surface area contributed by atoms with Gasteiger partial charge in [-0.15, -0.1) is 10.2 Å². The van der Waals surface area contributed by atoms with Gasteiger partial charge in [-0.25, -0.2) is 0 Å². The number of likely N-dealkylation sites (tertiary alicyclic amines) is 1. The molecular formula is C21H23N5O. The summed E-state index contributed by atoms with van der Waals surface area (Å²) in [5, 5.41) is 12.8. The maximum atomic E-state index is 12.4. The van der Waals surface area contributed by atoms with E-state index < -0.39 is 0 Å². The molecule has 1 aliphatic heterocycles. The van der Waals surface area contributed by atoms with Gasteiger partial charge in [-0.05, 0) is 47.7 Å². The number of rotatable bonds is 5. The fourth-order valence-electron chi connectivity index (χ4n) is 3.33. The second-order valence-corrected chi connectivity index (χ2v) is 6.89. The molecule has 6 heteroatoms. The molecule has 1 fully saturated rings. The van der Waals surface area contributed by atoms with E-state index in [1.165, 1.54) is 5.56 Å². The highest BCUT2D eigenvalue weighted by Gasteiger charge is 2.19. The van der Waals surface area contributed by atoms with Gasteiger partial charge in [0.05, 0.1) is 6.54 Å². The average Bonchev–Trinajstić information content (AvgIpc) is 3.40. The van der Waals surface area contributed by atoms with Crippen LogP contribution in [0, 0.1) is 0 Å². The minimum atomic E-state index is 0.121. The number of aryl methyl sites for hydroxylation is 1.